The van der Waals surface area contributed by atoms with E-state index in [1.54, 1.807) is 0 Å². The van der Waals surface area contributed by atoms with E-state index in [0.717, 1.165) is 34.5 Å². The molecule has 0 bridgehead atoms. The quantitative estimate of drug-likeness (QED) is 0.546. The highest BCUT2D eigenvalue weighted by atomic mass is 16.6. The number of pyridine rings is 1. The summed E-state index contributed by atoms with van der Waals surface area (Å²) in [6.45, 7) is 14.1. The minimum absolute atomic E-state index is 0.174. The van der Waals surface area contributed by atoms with Gasteiger partial charge in [-0.15, -0.1) is 0 Å². The molecule has 0 aliphatic heterocycles. The third-order valence-corrected chi connectivity index (χ3v) is 5.17. The van der Waals surface area contributed by atoms with Crippen LogP contribution in [0.3, 0.4) is 0 Å². The molecule has 0 N–H and O–H groups in total. The van der Waals surface area contributed by atoms with E-state index >= 15 is 0 Å². The highest BCUT2D eigenvalue weighted by Gasteiger charge is 2.24. The molecule has 2 rings (SSSR count). The molecule has 0 saturated carbocycles. The van der Waals surface area contributed by atoms with E-state index in [4.69, 9.17) is 14.5 Å². The molecule has 1 unspecified atom stereocenters. The van der Waals surface area contributed by atoms with E-state index in [1.165, 1.54) is 7.11 Å². The van der Waals surface area contributed by atoms with Gasteiger partial charge in [0.25, 0.3) is 0 Å². The summed E-state index contributed by atoms with van der Waals surface area (Å²) in [5.41, 5.74) is 4.14. The van der Waals surface area contributed by atoms with Gasteiger partial charge in [0.05, 0.1) is 20.0 Å². The van der Waals surface area contributed by atoms with Crippen LogP contribution in [-0.4, -0.2) is 29.6 Å². The third-order valence-electron chi connectivity index (χ3n) is 5.17. The monoisotopic (exact) mass is 439 g/mol. The van der Waals surface area contributed by atoms with E-state index < -0.39 is 5.60 Å². The second kappa shape index (κ2) is 10.3. The predicted molar refractivity (Wildman–Crippen MR) is 127 cm³/mol. The van der Waals surface area contributed by atoms with Crippen LogP contribution >= 0.6 is 0 Å². The number of ether oxygens (including phenoxy) is 2. The SMILES string of the molecule is COC(=O)Cc1ccccc1C(C)Cc1ccc(CC(=O)OC(C)(C)C)c(C(C)(C)C)n1. The molecule has 1 heterocycles. The van der Waals surface area contributed by atoms with Crippen molar-refractivity contribution < 1.29 is 19.1 Å². The van der Waals surface area contributed by atoms with Gasteiger partial charge in [-0.25, -0.2) is 0 Å². The standard InChI is InChI=1S/C27H37NO4/c1-18(22-12-10-9-11-19(22)16-23(29)31-8)15-21-14-13-20(25(28-21)26(2,3)4)17-24(30)32-27(5,6)7/h9-14,18H,15-17H2,1-8H3. The van der Waals surface area contributed by atoms with Gasteiger partial charge in [-0.2, -0.15) is 0 Å². The van der Waals surface area contributed by atoms with Crippen molar-refractivity contribution >= 4 is 11.9 Å². The zero-order valence-corrected chi connectivity index (χ0v) is 20.7. The summed E-state index contributed by atoms with van der Waals surface area (Å²) in [6, 6.07) is 12.0. The Morgan fingerprint density at radius 2 is 1.53 bits per heavy atom. The molecule has 5 heteroatoms. The van der Waals surface area contributed by atoms with Crippen molar-refractivity contribution in [1.29, 1.82) is 0 Å². The maximum absolute atomic E-state index is 12.4. The molecule has 0 amide bonds. The van der Waals surface area contributed by atoms with E-state index in [2.05, 4.69) is 33.8 Å². The molecule has 174 valence electrons. The second-order valence-corrected chi connectivity index (χ2v) is 10.4. The fourth-order valence-corrected chi connectivity index (χ4v) is 3.79. The molecule has 0 radical (unpaired) electrons. The zero-order valence-electron chi connectivity index (χ0n) is 20.7. The molecule has 0 saturated heterocycles. The number of benzene rings is 1. The topological polar surface area (TPSA) is 65.5 Å². The summed E-state index contributed by atoms with van der Waals surface area (Å²) >= 11 is 0. The summed E-state index contributed by atoms with van der Waals surface area (Å²) in [5.74, 6) is -0.320. The molecular weight excluding hydrogens is 402 g/mol. The largest absolute Gasteiger partial charge is 0.469 e. The van der Waals surface area contributed by atoms with Gasteiger partial charge in [-0.1, -0.05) is 58.0 Å². The molecular formula is C27H37NO4. The fraction of sp³-hybridized carbons (Fsp3) is 0.519. The number of rotatable bonds is 7. The molecule has 5 nitrogen and oxygen atoms in total. The van der Waals surface area contributed by atoms with E-state index in [0.29, 0.717) is 0 Å². The molecule has 0 aliphatic rings. The van der Waals surface area contributed by atoms with Gasteiger partial charge in [0, 0.05) is 16.8 Å². The first-order valence-electron chi connectivity index (χ1n) is 11.2. The summed E-state index contributed by atoms with van der Waals surface area (Å²) in [6.07, 6.45) is 1.19. The van der Waals surface area contributed by atoms with Crippen LogP contribution in [0.15, 0.2) is 36.4 Å². The lowest BCUT2D eigenvalue weighted by atomic mass is 9.86. The molecule has 1 atom stereocenters. The number of carbonyl (C=O) groups excluding carboxylic acids is 2. The molecule has 0 spiro atoms. The average Bonchev–Trinajstić information content (AvgIpc) is 2.67. The molecule has 32 heavy (non-hydrogen) atoms. The first-order valence-corrected chi connectivity index (χ1v) is 11.2. The van der Waals surface area contributed by atoms with Crippen LogP contribution in [0.2, 0.25) is 0 Å². The van der Waals surface area contributed by atoms with Gasteiger partial charge in [0.1, 0.15) is 5.60 Å². The summed E-state index contributed by atoms with van der Waals surface area (Å²) in [4.78, 5) is 29.2. The van der Waals surface area contributed by atoms with Gasteiger partial charge in [-0.05, 0) is 55.9 Å². The van der Waals surface area contributed by atoms with Gasteiger partial charge >= 0.3 is 11.9 Å². The van der Waals surface area contributed by atoms with Gasteiger partial charge < -0.3 is 9.47 Å². The van der Waals surface area contributed by atoms with Crippen LogP contribution < -0.4 is 0 Å². The van der Waals surface area contributed by atoms with Crippen LogP contribution in [0.1, 0.15) is 82.5 Å². The van der Waals surface area contributed by atoms with Crippen molar-refractivity contribution in [3.63, 3.8) is 0 Å². The van der Waals surface area contributed by atoms with Crippen molar-refractivity contribution in [1.82, 2.24) is 4.98 Å². The first kappa shape index (κ1) is 25.6. The Kier molecular flexibility index (Phi) is 8.22. The van der Waals surface area contributed by atoms with Crippen molar-refractivity contribution in [3.05, 3.63) is 64.5 Å². The Morgan fingerprint density at radius 3 is 2.12 bits per heavy atom. The maximum Gasteiger partial charge on any atom is 0.310 e. The highest BCUT2D eigenvalue weighted by molar-refractivity contribution is 5.73. The summed E-state index contributed by atoms with van der Waals surface area (Å²) < 4.78 is 10.4. The fourth-order valence-electron chi connectivity index (χ4n) is 3.79. The molecule has 2 aromatic rings. The Morgan fingerprint density at radius 1 is 0.906 bits per heavy atom. The average molecular weight is 440 g/mol. The summed E-state index contributed by atoms with van der Waals surface area (Å²) in [7, 11) is 1.41. The van der Waals surface area contributed by atoms with Crippen LogP contribution in [0.25, 0.3) is 0 Å². The number of carbonyl (C=O) groups is 2. The van der Waals surface area contributed by atoms with Gasteiger partial charge in [0.15, 0.2) is 0 Å². The van der Waals surface area contributed by atoms with Crippen molar-refractivity contribution in [2.24, 2.45) is 0 Å². The minimum atomic E-state index is -0.515. The smallest absolute Gasteiger partial charge is 0.310 e. The van der Waals surface area contributed by atoms with Gasteiger partial charge in [-0.3, -0.25) is 14.6 Å². The number of hydrogen-bond donors (Lipinski definition) is 0. The zero-order chi connectivity index (χ0) is 24.1. The first-order chi connectivity index (χ1) is 14.8. The lowest BCUT2D eigenvalue weighted by molar-refractivity contribution is -0.154. The number of aromatic nitrogens is 1. The Bertz CT molecular complexity index is 951. The molecule has 1 aromatic heterocycles. The van der Waals surface area contributed by atoms with Crippen molar-refractivity contribution in [2.75, 3.05) is 7.11 Å². The normalized spacial score (nSPS) is 12.9. The Hall–Kier alpha value is -2.69. The minimum Gasteiger partial charge on any atom is -0.469 e. The number of nitrogens with zero attached hydrogens (tertiary/aromatic N) is 1. The lowest BCUT2D eigenvalue weighted by Gasteiger charge is -2.24. The molecule has 0 fully saturated rings. The predicted octanol–water partition coefficient (Wildman–Crippen LogP) is 5.33. The number of methoxy groups -OCH3 is 1. The van der Waals surface area contributed by atoms with Crippen LogP contribution in [-0.2, 0) is 43.7 Å². The number of hydrogen-bond acceptors (Lipinski definition) is 5. The van der Waals surface area contributed by atoms with Crippen LogP contribution in [0.4, 0.5) is 0 Å². The van der Waals surface area contributed by atoms with Gasteiger partial charge in [0.2, 0.25) is 0 Å². The number of esters is 2. The highest BCUT2D eigenvalue weighted by Crippen LogP contribution is 2.28. The van der Waals surface area contributed by atoms with E-state index in [9.17, 15) is 9.59 Å². The second-order valence-electron chi connectivity index (χ2n) is 10.4. The van der Waals surface area contributed by atoms with E-state index in [1.807, 2.05) is 51.1 Å². The molecule has 1 aromatic carbocycles. The molecule has 0 aliphatic carbocycles. The summed E-state index contributed by atoms with van der Waals surface area (Å²) in [5, 5.41) is 0. The maximum atomic E-state index is 12.4. The van der Waals surface area contributed by atoms with E-state index in [-0.39, 0.29) is 36.1 Å². The Labute approximate surface area is 192 Å². The van der Waals surface area contributed by atoms with Crippen molar-refractivity contribution in [3.8, 4) is 0 Å². The lowest BCUT2D eigenvalue weighted by Crippen LogP contribution is -2.26. The third kappa shape index (κ3) is 7.47. The van der Waals surface area contributed by atoms with Crippen LogP contribution in [0, 0.1) is 0 Å². The van der Waals surface area contributed by atoms with Crippen molar-refractivity contribution in [2.45, 2.75) is 84.7 Å². The Balaban J connectivity index is 2.28. The van der Waals surface area contributed by atoms with Crippen LogP contribution in [0.5, 0.6) is 0 Å².